The van der Waals surface area contributed by atoms with E-state index in [9.17, 15) is 4.79 Å². The second-order valence-electron chi connectivity index (χ2n) is 7.23. The molecule has 2 aromatic heterocycles. The van der Waals surface area contributed by atoms with Crippen LogP contribution in [-0.2, 0) is 22.5 Å². The van der Waals surface area contributed by atoms with Crippen LogP contribution in [0, 0.1) is 0 Å². The fraction of sp³-hybridized carbons (Fsp3) is 0.526. The highest BCUT2D eigenvalue weighted by Crippen LogP contribution is 2.35. The monoisotopic (exact) mass is 370 g/mol. The summed E-state index contributed by atoms with van der Waals surface area (Å²) >= 11 is 0. The highest BCUT2D eigenvalue weighted by Gasteiger charge is 2.31. The molecule has 2 aliphatic heterocycles. The Morgan fingerprint density at radius 3 is 2.78 bits per heavy atom. The zero-order valence-electron chi connectivity index (χ0n) is 15.9. The Bertz CT molecular complexity index is 825. The molecule has 0 aliphatic carbocycles. The van der Waals surface area contributed by atoms with Gasteiger partial charge >= 0.3 is 0 Å². The summed E-state index contributed by atoms with van der Waals surface area (Å²) in [6.45, 7) is 4.50. The van der Waals surface area contributed by atoms with Crippen molar-refractivity contribution in [2.24, 2.45) is 0 Å². The first kappa shape index (κ1) is 17.8. The van der Waals surface area contributed by atoms with Crippen molar-refractivity contribution in [3.63, 3.8) is 0 Å². The van der Waals surface area contributed by atoms with Gasteiger partial charge in [-0.2, -0.15) is 5.10 Å². The maximum absolute atomic E-state index is 12.0. The van der Waals surface area contributed by atoms with Crippen LogP contribution in [0.5, 0.6) is 0 Å². The van der Waals surface area contributed by atoms with E-state index in [1.54, 1.807) is 19.2 Å². The van der Waals surface area contributed by atoms with Crippen LogP contribution in [0.1, 0.15) is 37.1 Å². The normalized spacial score (nSPS) is 17.6. The van der Waals surface area contributed by atoms with Crippen LogP contribution in [0.2, 0.25) is 0 Å². The van der Waals surface area contributed by atoms with E-state index in [-0.39, 0.29) is 5.91 Å². The molecule has 1 amide bonds. The molecule has 0 spiro atoms. The van der Waals surface area contributed by atoms with Crippen molar-refractivity contribution in [3.05, 3.63) is 29.6 Å². The molecule has 0 unspecified atom stereocenters. The smallest absolute Gasteiger partial charge is 0.219 e. The Hall–Kier alpha value is -2.61. The number of fused-ring (bicyclic) bond motifs is 1. The van der Waals surface area contributed by atoms with Crippen LogP contribution in [0.4, 0.5) is 17.3 Å². The van der Waals surface area contributed by atoms with Crippen LogP contribution in [-0.4, -0.2) is 52.4 Å². The number of rotatable bonds is 3. The standard InChI is InChI=1S/C19H26N6O2/c1-13(26)24-8-5-17-16(12-24)19(22-25(17)14-6-9-27-10-7-14)23(2)15-3-4-18(20)21-11-15/h3-4,11,14H,5-10,12H2,1-2H3,(H2,20,21). The van der Waals surface area contributed by atoms with Gasteiger partial charge in [0.05, 0.1) is 24.5 Å². The summed E-state index contributed by atoms with van der Waals surface area (Å²) in [6, 6.07) is 4.08. The first-order valence-electron chi connectivity index (χ1n) is 9.43. The zero-order chi connectivity index (χ0) is 19.0. The molecule has 2 N–H and O–H groups in total. The zero-order valence-corrected chi connectivity index (χ0v) is 15.9. The lowest BCUT2D eigenvalue weighted by molar-refractivity contribution is -0.129. The molecular formula is C19H26N6O2. The molecule has 1 fully saturated rings. The van der Waals surface area contributed by atoms with Crippen molar-refractivity contribution in [3.8, 4) is 0 Å². The van der Waals surface area contributed by atoms with Gasteiger partial charge < -0.3 is 20.3 Å². The lowest BCUT2D eigenvalue weighted by Crippen LogP contribution is -2.35. The fourth-order valence-electron chi connectivity index (χ4n) is 3.92. The number of hydrogen-bond acceptors (Lipinski definition) is 6. The Morgan fingerprint density at radius 1 is 1.33 bits per heavy atom. The second kappa shape index (κ2) is 7.19. The molecule has 2 aliphatic rings. The van der Waals surface area contributed by atoms with Gasteiger partial charge in [-0.15, -0.1) is 0 Å². The van der Waals surface area contributed by atoms with Gasteiger partial charge in [0.25, 0.3) is 0 Å². The van der Waals surface area contributed by atoms with E-state index in [4.69, 9.17) is 15.6 Å². The number of aromatic nitrogens is 3. The largest absolute Gasteiger partial charge is 0.384 e. The highest BCUT2D eigenvalue weighted by atomic mass is 16.5. The molecule has 0 radical (unpaired) electrons. The van der Waals surface area contributed by atoms with Crippen molar-refractivity contribution < 1.29 is 9.53 Å². The van der Waals surface area contributed by atoms with Crippen LogP contribution in [0.3, 0.4) is 0 Å². The van der Waals surface area contributed by atoms with E-state index in [0.717, 1.165) is 56.1 Å². The topological polar surface area (TPSA) is 89.5 Å². The minimum absolute atomic E-state index is 0.0993. The fourth-order valence-corrected chi connectivity index (χ4v) is 3.92. The van der Waals surface area contributed by atoms with E-state index in [1.807, 2.05) is 22.9 Å². The third kappa shape index (κ3) is 3.37. The van der Waals surface area contributed by atoms with Gasteiger partial charge in [-0.25, -0.2) is 4.98 Å². The molecule has 8 nitrogen and oxygen atoms in total. The number of hydrogen-bond donors (Lipinski definition) is 1. The van der Waals surface area contributed by atoms with Crippen LogP contribution < -0.4 is 10.6 Å². The number of carbonyl (C=O) groups excluding carboxylic acids is 1. The Morgan fingerprint density at radius 2 is 2.11 bits per heavy atom. The summed E-state index contributed by atoms with van der Waals surface area (Å²) < 4.78 is 7.71. The summed E-state index contributed by atoms with van der Waals surface area (Å²) in [7, 11) is 1.98. The maximum atomic E-state index is 12.0. The predicted octanol–water partition coefficient (Wildman–Crippen LogP) is 1.88. The Labute approximate surface area is 158 Å². The average Bonchev–Trinajstić information content (AvgIpc) is 3.07. The number of amides is 1. The first-order valence-corrected chi connectivity index (χ1v) is 9.43. The van der Waals surface area contributed by atoms with E-state index >= 15 is 0 Å². The number of anilines is 3. The minimum atomic E-state index is 0.0993. The summed E-state index contributed by atoms with van der Waals surface area (Å²) in [6.07, 6.45) is 4.52. The lowest BCUT2D eigenvalue weighted by atomic mass is 10.0. The van der Waals surface area contributed by atoms with Crippen molar-refractivity contribution in [2.45, 2.75) is 38.8 Å². The van der Waals surface area contributed by atoms with Crippen molar-refractivity contribution in [2.75, 3.05) is 37.4 Å². The number of nitrogens with zero attached hydrogens (tertiary/aromatic N) is 5. The molecule has 4 rings (SSSR count). The predicted molar refractivity (Wildman–Crippen MR) is 103 cm³/mol. The van der Waals surface area contributed by atoms with Crippen molar-refractivity contribution in [1.82, 2.24) is 19.7 Å². The quantitative estimate of drug-likeness (QED) is 0.887. The van der Waals surface area contributed by atoms with Gasteiger partial charge in [-0.05, 0) is 25.0 Å². The van der Waals surface area contributed by atoms with Gasteiger partial charge in [-0.3, -0.25) is 9.48 Å². The molecule has 4 heterocycles. The van der Waals surface area contributed by atoms with Gasteiger partial charge in [0.2, 0.25) is 5.91 Å². The lowest BCUT2D eigenvalue weighted by Gasteiger charge is -2.29. The van der Waals surface area contributed by atoms with Crippen molar-refractivity contribution >= 4 is 23.2 Å². The summed E-state index contributed by atoms with van der Waals surface area (Å²) in [4.78, 5) is 20.1. The third-order valence-electron chi connectivity index (χ3n) is 5.52. The van der Waals surface area contributed by atoms with Gasteiger partial charge in [0, 0.05) is 51.4 Å². The van der Waals surface area contributed by atoms with Crippen LogP contribution in [0.25, 0.3) is 0 Å². The van der Waals surface area contributed by atoms with Crippen molar-refractivity contribution in [1.29, 1.82) is 0 Å². The number of nitrogen functional groups attached to an aromatic ring is 1. The van der Waals surface area contributed by atoms with Crippen LogP contribution in [0.15, 0.2) is 18.3 Å². The summed E-state index contributed by atoms with van der Waals surface area (Å²) in [5, 5.41) is 5.00. The molecular weight excluding hydrogens is 344 g/mol. The van der Waals surface area contributed by atoms with Gasteiger partial charge in [0.1, 0.15) is 5.82 Å². The molecule has 0 saturated carbocycles. The molecule has 1 saturated heterocycles. The number of ether oxygens (including phenoxy) is 1. The molecule has 2 aromatic rings. The molecule has 144 valence electrons. The van der Waals surface area contributed by atoms with Gasteiger partial charge in [-0.1, -0.05) is 0 Å². The second-order valence-corrected chi connectivity index (χ2v) is 7.23. The maximum Gasteiger partial charge on any atom is 0.219 e. The molecule has 8 heteroatoms. The van der Waals surface area contributed by atoms with E-state index < -0.39 is 0 Å². The number of nitrogens with two attached hydrogens (primary N) is 1. The summed E-state index contributed by atoms with van der Waals surface area (Å²) in [5.41, 5.74) is 9.01. The Kier molecular flexibility index (Phi) is 4.73. The van der Waals surface area contributed by atoms with E-state index in [1.165, 1.54) is 5.69 Å². The third-order valence-corrected chi connectivity index (χ3v) is 5.52. The molecule has 0 bridgehead atoms. The van der Waals surface area contributed by atoms with Gasteiger partial charge in [0.15, 0.2) is 5.82 Å². The SMILES string of the molecule is CC(=O)N1CCc2c(c(N(C)c3ccc(N)nc3)nn2C2CCOCC2)C1. The average molecular weight is 370 g/mol. The minimum Gasteiger partial charge on any atom is -0.384 e. The Balaban J connectivity index is 1.74. The van der Waals surface area contributed by atoms with E-state index in [0.29, 0.717) is 18.4 Å². The highest BCUT2D eigenvalue weighted by molar-refractivity contribution is 5.74. The molecule has 0 aromatic carbocycles. The number of carbonyl (C=O) groups is 1. The van der Waals surface area contributed by atoms with E-state index in [2.05, 4.69) is 9.67 Å². The summed E-state index contributed by atoms with van der Waals surface area (Å²) in [5.74, 6) is 1.47. The number of pyridine rings is 1. The molecule has 0 atom stereocenters. The first-order chi connectivity index (χ1) is 13.0. The molecule has 27 heavy (non-hydrogen) atoms. The van der Waals surface area contributed by atoms with Crippen LogP contribution >= 0.6 is 0 Å².